The molecule has 0 radical (unpaired) electrons. The van der Waals surface area contributed by atoms with Crippen LogP contribution in [0.15, 0.2) is 29.2 Å². The topological polar surface area (TPSA) is 107 Å². The summed E-state index contributed by atoms with van der Waals surface area (Å²) < 4.78 is 11.8. The monoisotopic (exact) mass is 316 g/mol. The molecule has 0 aliphatic rings. The van der Waals surface area contributed by atoms with E-state index in [0.717, 1.165) is 0 Å². The van der Waals surface area contributed by atoms with Gasteiger partial charge >= 0.3 is 0 Å². The van der Waals surface area contributed by atoms with Crippen molar-refractivity contribution in [1.29, 1.82) is 0 Å². The van der Waals surface area contributed by atoms with Gasteiger partial charge in [0.05, 0.1) is 6.61 Å². The molecule has 0 fully saturated rings. The molecule has 0 spiro atoms. The Hall–Kier alpha value is -2.81. The van der Waals surface area contributed by atoms with E-state index in [-0.39, 0.29) is 11.6 Å². The number of hydrogen-bond donors (Lipinski definition) is 1. The Balaban J connectivity index is 1.67. The van der Waals surface area contributed by atoms with Gasteiger partial charge in [-0.1, -0.05) is 5.16 Å². The third kappa shape index (κ3) is 3.34. The highest BCUT2D eigenvalue weighted by Crippen LogP contribution is 2.11. The highest BCUT2D eigenvalue weighted by molar-refractivity contribution is 5.92. The van der Waals surface area contributed by atoms with Crippen LogP contribution in [0.25, 0.3) is 5.78 Å². The lowest BCUT2D eigenvalue weighted by Gasteiger charge is -2.07. The number of carbonyl (C=O) groups excluding carboxylic acids is 1. The molecule has 0 aromatic carbocycles. The van der Waals surface area contributed by atoms with Crippen LogP contribution in [-0.2, 0) is 11.2 Å². The van der Waals surface area contributed by atoms with Gasteiger partial charge in [-0.15, -0.1) is 0 Å². The Morgan fingerprint density at radius 2 is 2.35 bits per heavy atom. The average Bonchev–Trinajstić information content (AvgIpc) is 3.19. The molecule has 0 bridgehead atoms. The predicted octanol–water partition coefficient (Wildman–Crippen LogP) is 0.792. The van der Waals surface area contributed by atoms with E-state index < -0.39 is 6.04 Å². The molecule has 1 N–H and O–H groups in total. The third-order valence-electron chi connectivity index (χ3n) is 3.20. The van der Waals surface area contributed by atoms with Gasteiger partial charge in [-0.3, -0.25) is 9.20 Å². The van der Waals surface area contributed by atoms with Gasteiger partial charge in [-0.2, -0.15) is 4.98 Å². The Morgan fingerprint density at radius 1 is 1.48 bits per heavy atom. The fourth-order valence-corrected chi connectivity index (χ4v) is 2.01. The quantitative estimate of drug-likeness (QED) is 0.716. The van der Waals surface area contributed by atoms with Crippen molar-refractivity contribution < 1.29 is 14.1 Å². The SMILES string of the molecule is COCCc1noc([C@H](C)NC(=O)c2cn3cccnc3n2)n1. The minimum atomic E-state index is -0.427. The summed E-state index contributed by atoms with van der Waals surface area (Å²) in [6, 6.07) is 1.34. The van der Waals surface area contributed by atoms with Crippen LogP contribution in [0.3, 0.4) is 0 Å². The Kier molecular flexibility index (Phi) is 4.29. The van der Waals surface area contributed by atoms with Gasteiger partial charge in [0.25, 0.3) is 5.91 Å². The molecule has 1 amide bonds. The smallest absolute Gasteiger partial charge is 0.272 e. The third-order valence-corrected chi connectivity index (χ3v) is 3.20. The van der Waals surface area contributed by atoms with E-state index in [1.54, 1.807) is 43.1 Å². The Labute approximate surface area is 131 Å². The van der Waals surface area contributed by atoms with Crippen molar-refractivity contribution in [3.63, 3.8) is 0 Å². The van der Waals surface area contributed by atoms with E-state index in [1.807, 2.05) is 0 Å². The maximum absolute atomic E-state index is 12.3. The summed E-state index contributed by atoms with van der Waals surface area (Å²) in [5.74, 6) is 1.01. The Morgan fingerprint density at radius 3 is 3.13 bits per heavy atom. The van der Waals surface area contributed by atoms with Crippen molar-refractivity contribution in [2.75, 3.05) is 13.7 Å². The summed E-state index contributed by atoms with van der Waals surface area (Å²) in [5, 5.41) is 6.62. The van der Waals surface area contributed by atoms with Crippen molar-refractivity contribution in [3.05, 3.63) is 42.1 Å². The van der Waals surface area contributed by atoms with Crippen LogP contribution in [0.5, 0.6) is 0 Å². The van der Waals surface area contributed by atoms with Crippen molar-refractivity contribution in [2.24, 2.45) is 0 Å². The van der Waals surface area contributed by atoms with Gasteiger partial charge in [-0.05, 0) is 13.0 Å². The first-order valence-corrected chi connectivity index (χ1v) is 7.09. The maximum Gasteiger partial charge on any atom is 0.272 e. The molecular formula is C14H16N6O3. The first kappa shape index (κ1) is 15.1. The number of carbonyl (C=O) groups is 1. The predicted molar refractivity (Wildman–Crippen MR) is 78.7 cm³/mol. The number of aromatic nitrogens is 5. The molecule has 3 aromatic rings. The van der Waals surface area contributed by atoms with Gasteiger partial charge in [0, 0.05) is 32.1 Å². The first-order chi connectivity index (χ1) is 11.2. The van der Waals surface area contributed by atoms with E-state index in [1.165, 1.54) is 0 Å². The van der Waals surface area contributed by atoms with Crippen LogP contribution in [0.4, 0.5) is 0 Å². The highest BCUT2D eigenvalue weighted by Gasteiger charge is 2.19. The van der Waals surface area contributed by atoms with Crippen LogP contribution in [0.1, 0.15) is 35.2 Å². The number of fused-ring (bicyclic) bond motifs is 1. The lowest BCUT2D eigenvalue weighted by atomic mass is 10.3. The lowest BCUT2D eigenvalue weighted by molar-refractivity contribution is 0.0928. The number of amides is 1. The van der Waals surface area contributed by atoms with E-state index in [4.69, 9.17) is 9.26 Å². The number of methoxy groups -OCH3 is 1. The number of imidazole rings is 1. The molecule has 0 saturated carbocycles. The number of hydrogen-bond acceptors (Lipinski definition) is 7. The number of nitrogens with one attached hydrogen (secondary N) is 1. The standard InChI is InChI=1S/C14H16N6O3/c1-9(13-18-11(19-23-13)4-7-22-2)16-12(21)10-8-20-6-3-5-15-14(20)17-10/h3,5-6,8-9H,4,7H2,1-2H3,(H,16,21)/t9-/m0/s1. The van der Waals surface area contributed by atoms with E-state index in [9.17, 15) is 4.79 Å². The van der Waals surface area contributed by atoms with Crippen LogP contribution >= 0.6 is 0 Å². The van der Waals surface area contributed by atoms with E-state index in [2.05, 4.69) is 25.4 Å². The second kappa shape index (κ2) is 6.53. The van der Waals surface area contributed by atoms with Gasteiger partial charge < -0.3 is 14.6 Å². The van der Waals surface area contributed by atoms with E-state index in [0.29, 0.717) is 30.5 Å². The zero-order valence-corrected chi connectivity index (χ0v) is 12.8. The summed E-state index contributed by atoms with van der Waals surface area (Å²) in [6.45, 7) is 2.27. The number of nitrogens with zero attached hydrogens (tertiary/aromatic N) is 5. The lowest BCUT2D eigenvalue weighted by Crippen LogP contribution is -2.27. The van der Waals surface area contributed by atoms with Crippen LogP contribution in [0, 0.1) is 0 Å². The first-order valence-electron chi connectivity index (χ1n) is 7.09. The van der Waals surface area contributed by atoms with Gasteiger partial charge in [0.1, 0.15) is 11.7 Å². The summed E-state index contributed by atoms with van der Waals surface area (Å²) >= 11 is 0. The molecule has 3 rings (SSSR count). The summed E-state index contributed by atoms with van der Waals surface area (Å²) in [6.07, 6.45) is 5.56. The number of rotatable bonds is 6. The minimum Gasteiger partial charge on any atom is -0.384 e. The van der Waals surface area contributed by atoms with E-state index >= 15 is 0 Å². The molecule has 9 heteroatoms. The van der Waals surface area contributed by atoms with Crippen LogP contribution in [-0.4, -0.2) is 44.1 Å². The molecular weight excluding hydrogens is 300 g/mol. The second-order valence-electron chi connectivity index (χ2n) is 4.94. The zero-order chi connectivity index (χ0) is 16.2. The van der Waals surface area contributed by atoms with Crippen molar-refractivity contribution in [3.8, 4) is 0 Å². The van der Waals surface area contributed by atoms with Crippen molar-refractivity contribution in [1.82, 2.24) is 29.8 Å². The van der Waals surface area contributed by atoms with Crippen LogP contribution < -0.4 is 5.32 Å². The second-order valence-corrected chi connectivity index (χ2v) is 4.94. The molecule has 0 unspecified atom stereocenters. The molecule has 0 saturated heterocycles. The fourth-order valence-electron chi connectivity index (χ4n) is 2.01. The number of ether oxygens (including phenoxy) is 1. The summed E-state index contributed by atoms with van der Waals surface area (Å²) in [7, 11) is 1.60. The molecule has 9 nitrogen and oxygen atoms in total. The minimum absolute atomic E-state index is 0.273. The molecule has 0 aliphatic carbocycles. The van der Waals surface area contributed by atoms with Crippen molar-refractivity contribution >= 4 is 11.7 Å². The molecule has 1 atom stereocenters. The zero-order valence-electron chi connectivity index (χ0n) is 12.8. The average molecular weight is 316 g/mol. The molecule has 23 heavy (non-hydrogen) atoms. The molecule has 120 valence electrons. The van der Waals surface area contributed by atoms with Gasteiger partial charge in [0.15, 0.2) is 5.82 Å². The molecule has 0 aliphatic heterocycles. The largest absolute Gasteiger partial charge is 0.384 e. The van der Waals surface area contributed by atoms with Gasteiger partial charge in [-0.25, -0.2) is 9.97 Å². The fraction of sp³-hybridized carbons (Fsp3) is 0.357. The molecule has 3 aromatic heterocycles. The van der Waals surface area contributed by atoms with Crippen LogP contribution in [0.2, 0.25) is 0 Å². The summed E-state index contributed by atoms with van der Waals surface area (Å²) in [5.41, 5.74) is 0.273. The highest BCUT2D eigenvalue weighted by atomic mass is 16.5. The summed E-state index contributed by atoms with van der Waals surface area (Å²) in [4.78, 5) is 24.7. The Bertz CT molecular complexity index is 779. The normalized spacial score (nSPS) is 12.4. The van der Waals surface area contributed by atoms with Gasteiger partial charge in [0.2, 0.25) is 11.7 Å². The van der Waals surface area contributed by atoms with Crippen molar-refractivity contribution in [2.45, 2.75) is 19.4 Å². The molecule has 3 heterocycles. The maximum atomic E-state index is 12.3.